The van der Waals surface area contributed by atoms with E-state index >= 15 is 0 Å². The van der Waals surface area contributed by atoms with Crippen LogP contribution in [0.4, 0.5) is 0 Å². The van der Waals surface area contributed by atoms with Gasteiger partial charge >= 0.3 is 0 Å². The molecule has 0 saturated heterocycles. The van der Waals surface area contributed by atoms with E-state index in [0.717, 1.165) is 10.6 Å². The van der Waals surface area contributed by atoms with Crippen molar-refractivity contribution >= 4 is 17.3 Å². The second-order valence-electron chi connectivity index (χ2n) is 5.37. The Balaban J connectivity index is 3.45. The molecule has 0 bridgehead atoms. The average Bonchev–Trinajstić information content (AvgIpc) is 2.51. The third kappa shape index (κ3) is 4.41. The standard InChI is InChI=1S/C18H21N3S/c1-13(2)14-6-8-15(9-7-14)17(16(11-19)12-20)10-18(22-5)21(3)4/h6-10,13H,1-5H3/b18-10+. The molecule has 0 aliphatic heterocycles. The molecule has 0 fully saturated rings. The first kappa shape index (κ1) is 17.9. The number of hydrogen-bond donors (Lipinski definition) is 0. The summed E-state index contributed by atoms with van der Waals surface area (Å²) in [6, 6.07) is 12.1. The minimum Gasteiger partial charge on any atom is -0.372 e. The Morgan fingerprint density at radius 1 is 1.14 bits per heavy atom. The summed E-state index contributed by atoms with van der Waals surface area (Å²) in [5.74, 6) is 0.451. The van der Waals surface area contributed by atoms with Crippen molar-refractivity contribution in [2.45, 2.75) is 19.8 Å². The SMILES string of the molecule is CS/C(=C/C(=C(C#N)C#N)c1ccc(C(C)C)cc1)N(C)C. The van der Waals surface area contributed by atoms with Crippen molar-refractivity contribution in [3.05, 3.63) is 52.1 Å². The molecule has 0 radical (unpaired) electrons. The third-order valence-corrected chi connectivity index (χ3v) is 4.20. The molecular formula is C18H21N3S. The first-order chi connectivity index (χ1) is 10.4. The number of rotatable bonds is 5. The molecule has 0 aliphatic carbocycles. The first-order valence-corrected chi connectivity index (χ1v) is 8.24. The molecule has 3 nitrogen and oxygen atoms in total. The van der Waals surface area contributed by atoms with Crippen LogP contribution in [0.5, 0.6) is 0 Å². The average molecular weight is 311 g/mol. The van der Waals surface area contributed by atoms with Crippen LogP contribution in [0.15, 0.2) is 40.9 Å². The van der Waals surface area contributed by atoms with Gasteiger partial charge in [0.05, 0.1) is 5.03 Å². The molecular weight excluding hydrogens is 290 g/mol. The number of nitrogens with zero attached hydrogens (tertiary/aromatic N) is 3. The summed E-state index contributed by atoms with van der Waals surface area (Å²) in [6.07, 6.45) is 3.88. The van der Waals surface area contributed by atoms with Gasteiger partial charge in [-0.05, 0) is 29.4 Å². The van der Waals surface area contributed by atoms with Crippen LogP contribution >= 0.6 is 11.8 Å². The van der Waals surface area contributed by atoms with E-state index in [1.807, 2.05) is 55.6 Å². The molecule has 0 saturated carbocycles. The Bertz CT molecular complexity index is 637. The minimum atomic E-state index is 0.130. The van der Waals surface area contributed by atoms with E-state index in [9.17, 15) is 10.5 Å². The maximum Gasteiger partial charge on any atom is 0.137 e. The smallest absolute Gasteiger partial charge is 0.137 e. The van der Waals surface area contributed by atoms with Crippen molar-refractivity contribution < 1.29 is 0 Å². The summed E-state index contributed by atoms with van der Waals surface area (Å²) < 4.78 is 0. The second-order valence-corrected chi connectivity index (χ2v) is 6.20. The predicted molar refractivity (Wildman–Crippen MR) is 94.0 cm³/mol. The monoisotopic (exact) mass is 311 g/mol. The van der Waals surface area contributed by atoms with E-state index in [1.54, 1.807) is 11.8 Å². The van der Waals surface area contributed by atoms with Crippen LogP contribution in [0.1, 0.15) is 30.9 Å². The number of thioether (sulfide) groups is 1. The molecule has 114 valence electrons. The topological polar surface area (TPSA) is 50.8 Å². The van der Waals surface area contributed by atoms with Crippen molar-refractivity contribution in [2.24, 2.45) is 0 Å². The van der Waals surface area contributed by atoms with Gasteiger partial charge in [0.25, 0.3) is 0 Å². The van der Waals surface area contributed by atoms with Gasteiger partial charge in [0.2, 0.25) is 0 Å². The Hall–Kier alpha value is -2.17. The van der Waals surface area contributed by atoms with Crippen molar-refractivity contribution in [1.29, 1.82) is 10.5 Å². The van der Waals surface area contributed by atoms with Crippen molar-refractivity contribution in [2.75, 3.05) is 20.4 Å². The summed E-state index contributed by atoms with van der Waals surface area (Å²) in [6.45, 7) is 4.28. The summed E-state index contributed by atoms with van der Waals surface area (Å²) >= 11 is 1.58. The highest BCUT2D eigenvalue weighted by Gasteiger charge is 2.10. The molecule has 0 heterocycles. The molecule has 0 amide bonds. The molecule has 1 aromatic rings. The number of benzene rings is 1. The van der Waals surface area contributed by atoms with Gasteiger partial charge in [0, 0.05) is 19.7 Å². The third-order valence-electron chi connectivity index (χ3n) is 3.30. The number of allylic oxidation sites excluding steroid dienone is 3. The van der Waals surface area contributed by atoms with Crippen molar-refractivity contribution in [3.8, 4) is 12.1 Å². The lowest BCUT2D eigenvalue weighted by Crippen LogP contribution is -2.08. The predicted octanol–water partition coefficient (Wildman–Crippen LogP) is 4.38. The minimum absolute atomic E-state index is 0.130. The van der Waals surface area contributed by atoms with Crippen molar-refractivity contribution in [3.63, 3.8) is 0 Å². The fourth-order valence-electron chi connectivity index (χ4n) is 1.99. The molecule has 22 heavy (non-hydrogen) atoms. The fraction of sp³-hybridized carbons (Fsp3) is 0.333. The quantitative estimate of drug-likeness (QED) is 0.598. The second kappa shape index (κ2) is 8.32. The largest absolute Gasteiger partial charge is 0.372 e. The zero-order valence-corrected chi connectivity index (χ0v) is 14.5. The molecule has 1 rings (SSSR count). The van der Waals surface area contributed by atoms with Gasteiger partial charge in [0.15, 0.2) is 0 Å². The summed E-state index contributed by atoms with van der Waals surface area (Å²) in [4.78, 5) is 1.97. The van der Waals surface area contributed by atoms with Gasteiger partial charge < -0.3 is 4.90 Å². The summed E-state index contributed by atoms with van der Waals surface area (Å²) in [7, 11) is 3.89. The fourth-order valence-corrected chi connectivity index (χ4v) is 2.59. The Morgan fingerprint density at radius 2 is 1.68 bits per heavy atom. The van der Waals surface area contributed by atoms with Crippen LogP contribution in [0.3, 0.4) is 0 Å². The molecule has 0 N–H and O–H groups in total. The highest BCUT2D eigenvalue weighted by atomic mass is 32.2. The Morgan fingerprint density at radius 3 is 2.05 bits per heavy atom. The summed E-state index contributed by atoms with van der Waals surface area (Å²) in [5.41, 5.74) is 2.92. The number of nitriles is 2. The Labute approximate surface area is 137 Å². The Kier molecular flexibility index (Phi) is 6.76. The van der Waals surface area contributed by atoms with Crippen LogP contribution in [-0.4, -0.2) is 25.3 Å². The van der Waals surface area contributed by atoms with Crippen LogP contribution in [-0.2, 0) is 0 Å². The zero-order chi connectivity index (χ0) is 16.7. The van der Waals surface area contributed by atoms with Gasteiger partial charge in [-0.15, -0.1) is 11.8 Å². The lowest BCUT2D eigenvalue weighted by atomic mass is 9.96. The zero-order valence-electron chi connectivity index (χ0n) is 13.7. The first-order valence-electron chi connectivity index (χ1n) is 7.02. The van der Waals surface area contributed by atoms with Crippen molar-refractivity contribution in [1.82, 2.24) is 4.90 Å². The van der Waals surface area contributed by atoms with E-state index in [1.165, 1.54) is 5.56 Å². The maximum atomic E-state index is 9.24. The van der Waals surface area contributed by atoms with Gasteiger partial charge in [-0.2, -0.15) is 10.5 Å². The lowest BCUT2D eigenvalue weighted by molar-refractivity contribution is 0.551. The highest BCUT2D eigenvalue weighted by molar-refractivity contribution is 8.02. The van der Waals surface area contributed by atoms with Crippen LogP contribution in [0, 0.1) is 22.7 Å². The van der Waals surface area contributed by atoms with E-state index in [0.29, 0.717) is 11.5 Å². The van der Waals surface area contributed by atoms with E-state index in [2.05, 4.69) is 26.0 Å². The van der Waals surface area contributed by atoms with Crippen LogP contribution in [0.2, 0.25) is 0 Å². The molecule has 0 atom stereocenters. The molecule has 0 spiro atoms. The molecule has 0 aliphatic rings. The van der Waals surface area contributed by atoms with Gasteiger partial charge in [0.1, 0.15) is 17.7 Å². The molecule has 0 unspecified atom stereocenters. The maximum absolute atomic E-state index is 9.24. The molecule has 1 aromatic carbocycles. The van der Waals surface area contributed by atoms with Crippen LogP contribution < -0.4 is 0 Å². The normalized spacial score (nSPS) is 10.8. The van der Waals surface area contributed by atoms with E-state index < -0.39 is 0 Å². The van der Waals surface area contributed by atoms with Gasteiger partial charge in [-0.3, -0.25) is 0 Å². The lowest BCUT2D eigenvalue weighted by Gasteiger charge is -2.16. The number of hydrogen-bond acceptors (Lipinski definition) is 4. The summed E-state index contributed by atoms with van der Waals surface area (Å²) in [5, 5.41) is 19.5. The van der Waals surface area contributed by atoms with Gasteiger partial charge in [-0.1, -0.05) is 38.1 Å². The van der Waals surface area contributed by atoms with Gasteiger partial charge in [-0.25, -0.2) is 0 Å². The van der Waals surface area contributed by atoms with Crippen LogP contribution in [0.25, 0.3) is 5.57 Å². The van der Waals surface area contributed by atoms with E-state index in [4.69, 9.17) is 0 Å². The molecule has 0 aromatic heterocycles. The molecule has 4 heteroatoms. The van der Waals surface area contributed by atoms with E-state index in [-0.39, 0.29) is 5.57 Å². The highest BCUT2D eigenvalue weighted by Crippen LogP contribution is 2.27.